The largest absolute Gasteiger partial charge is 0.541 e. The lowest BCUT2D eigenvalue weighted by Crippen LogP contribution is -2.44. The Labute approximate surface area is 307 Å². The molecular formula is C44H45FN4O2Si. The molecular weight excluding hydrogens is 664 g/mol. The van der Waals surface area contributed by atoms with Crippen molar-refractivity contribution in [3.05, 3.63) is 174 Å². The van der Waals surface area contributed by atoms with E-state index in [1.165, 1.54) is 0 Å². The van der Waals surface area contributed by atoms with Crippen molar-refractivity contribution < 1.29 is 13.6 Å². The minimum atomic E-state index is -2.45. The zero-order valence-corrected chi connectivity index (χ0v) is 31.7. The highest BCUT2D eigenvalue weighted by Gasteiger charge is 2.41. The average Bonchev–Trinajstić information content (AvgIpc) is 3.61. The predicted octanol–water partition coefficient (Wildman–Crippen LogP) is 10.9. The minimum absolute atomic E-state index is 0.154. The molecule has 0 spiro atoms. The van der Waals surface area contributed by atoms with Gasteiger partial charge in [0, 0.05) is 30.2 Å². The number of nitrogens with zero attached hydrogens (tertiary/aromatic N) is 4. The molecule has 0 aliphatic heterocycles. The van der Waals surface area contributed by atoms with Gasteiger partial charge in [0.1, 0.15) is 22.9 Å². The summed E-state index contributed by atoms with van der Waals surface area (Å²) in [6, 6.07) is 43.9. The van der Waals surface area contributed by atoms with E-state index >= 15 is 4.39 Å². The summed E-state index contributed by atoms with van der Waals surface area (Å²) in [5.41, 5.74) is 3.79. The van der Waals surface area contributed by atoms with Crippen molar-refractivity contribution in [2.24, 2.45) is 0 Å². The molecule has 0 aliphatic rings. The summed E-state index contributed by atoms with van der Waals surface area (Å²) < 4.78 is 32.0. The molecule has 1 aromatic heterocycles. The standard InChI is InChI=1S/C44H45FN4O2Si/c1-7-50-38-29-39(42(45)40(30-38)51-52(5,6)43(2,3)4)48(37-25-23-33(31-46)24-26-37)32-41-47-27-28-49(41)44(34-17-11-8-12-18-34,35-19-13-9-14-20-35)36-21-15-10-16-22-36/h8-30H,7,32H2,1-6H3. The summed E-state index contributed by atoms with van der Waals surface area (Å²) in [7, 11) is -2.45. The molecule has 52 heavy (non-hydrogen) atoms. The van der Waals surface area contributed by atoms with Gasteiger partial charge in [-0.05, 0) is 66.0 Å². The van der Waals surface area contributed by atoms with Gasteiger partial charge in [0.25, 0.3) is 8.32 Å². The molecule has 0 N–H and O–H groups in total. The Kier molecular flexibility index (Phi) is 10.4. The van der Waals surface area contributed by atoms with Crippen LogP contribution in [0.25, 0.3) is 0 Å². The summed E-state index contributed by atoms with van der Waals surface area (Å²) in [6.07, 6.45) is 3.80. The molecule has 0 amide bonds. The predicted molar refractivity (Wildman–Crippen MR) is 209 cm³/mol. The Morgan fingerprint density at radius 3 is 1.83 bits per heavy atom. The van der Waals surface area contributed by atoms with Crippen LogP contribution in [0.4, 0.5) is 15.8 Å². The van der Waals surface area contributed by atoms with Crippen molar-refractivity contribution in [3.8, 4) is 17.6 Å². The molecule has 6 nitrogen and oxygen atoms in total. The van der Waals surface area contributed by atoms with Crippen LogP contribution in [0.5, 0.6) is 11.5 Å². The van der Waals surface area contributed by atoms with Crippen molar-refractivity contribution in [2.45, 2.75) is 57.9 Å². The zero-order chi connectivity index (χ0) is 36.9. The quantitative estimate of drug-likeness (QED) is 0.0935. The Balaban J connectivity index is 1.60. The number of anilines is 2. The number of ether oxygens (including phenoxy) is 1. The highest BCUT2D eigenvalue weighted by Crippen LogP contribution is 2.45. The second kappa shape index (κ2) is 14.9. The number of aromatic nitrogens is 2. The molecule has 0 atom stereocenters. The molecule has 0 radical (unpaired) electrons. The molecule has 8 heteroatoms. The number of hydrogen-bond donors (Lipinski definition) is 0. The molecule has 264 valence electrons. The fraction of sp³-hybridized carbons (Fsp3) is 0.227. The normalized spacial score (nSPS) is 11.9. The first-order valence-corrected chi connectivity index (χ1v) is 20.5. The maximum absolute atomic E-state index is 17.2. The van der Waals surface area contributed by atoms with E-state index in [-0.39, 0.29) is 23.0 Å². The van der Waals surface area contributed by atoms with Gasteiger partial charge in [0.05, 0.1) is 30.5 Å². The van der Waals surface area contributed by atoms with E-state index in [4.69, 9.17) is 14.1 Å². The summed E-state index contributed by atoms with van der Waals surface area (Å²) in [6.45, 7) is 13.1. The van der Waals surface area contributed by atoms with Crippen LogP contribution in [0.3, 0.4) is 0 Å². The van der Waals surface area contributed by atoms with Gasteiger partial charge in [0.2, 0.25) is 0 Å². The van der Waals surface area contributed by atoms with Crippen molar-refractivity contribution in [1.29, 1.82) is 5.26 Å². The molecule has 0 unspecified atom stereocenters. The van der Waals surface area contributed by atoms with Crippen LogP contribution in [-0.4, -0.2) is 24.5 Å². The van der Waals surface area contributed by atoms with E-state index in [2.05, 4.69) is 80.9 Å². The van der Waals surface area contributed by atoms with Crippen molar-refractivity contribution in [1.82, 2.24) is 9.55 Å². The monoisotopic (exact) mass is 708 g/mol. The number of rotatable bonds is 12. The van der Waals surface area contributed by atoms with Crippen LogP contribution in [0.2, 0.25) is 18.1 Å². The van der Waals surface area contributed by atoms with Crippen molar-refractivity contribution >= 4 is 19.7 Å². The van der Waals surface area contributed by atoms with Gasteiger partial charge < -0.3 is 18.6 Å². The van der Waals surface area contributed by atoms with E-state index in [1.807, 2.05) is 84.8 Å². The third-order valence-corrected chi connectivity index (χ3v) is 14.4. The number of imidazole rings is 1. The van der Waals surface area contributed by atoms with Crippen LogP contribution in [0.15, 0.2) is 140 Å². The molecule has 0 aliphatic carbocycles. The molecule has 1 heterocycles. The van der Waals surface area contributed by atoms with Crippen LogP contribution < -0.4 is 14.1 Å². The first kappa shape index (κ1) is 36.1. The average molecular weight is 709 g/mol. The van der Waals surface area contributed by atoms with E-state index in [9.17, 15) is 5.26 Å². The lowest BCUT2D eigenvalue weighted by molar-refractivity contribution is 0.337. The van der Waals surface area contributed by atoms with Gasteiger partial charge in [-0.2, -0.15) is 5.26 Å². The second-order valence-corrected chi connectivity index (χ2v) is 19.0. The highest BCUT2D eigenvalue weighted by atomic mass is 28.4. The fourth-order valence-corrected chi connectivity index (χ4v) is 7.40. The van der Waals surface area contributed by atoms with Crippen molar-refractivity contribution in [3.63, 3.8) is 0 Å². The Bertz CT molecular complexity index is 2040. The zero-order valence-electron chi connectivity index (χ0n) is 30.7. The number of nitriles is 1. The molecule has 0 saturated heterocycles. The topological polar surface area (TPSA) is 63.3 Å². The van der Waals surface area contributed by atoms with E-state index < -0.39 is 19.7 Å². The Morgan fingerprint density at radius 2 is 1.35 bits per heavy atom. The highest BCUT2D eigenvalue weighted by molar-refractivity contribution is 6.74. The van der Waals surface area contributed by atoms with Gasteiger partial charge >= 0.3 is 0 Å². The Hall–Kier alpha value is -5.65. The molecule has 0 saturated carbocycles. The lowest BCUT2D eigenvalue weighted by Gasteiger charge is -2.39. The van der Waals surface area contributed by atoms with Gasteiger partial charge in [-0.3, -0.25) is 0 Å². The molecule has 0 bridgehead atoms. The van der Waals surface area contributed by atoms with Crippen molar-refractivity contribution in [2.75, 3.05) is 11.5 Å². The summed E-state index contributed by atoms with van der Waals surface area (Å²) in [5, 5.41) is 9.47. The summed E-state index contributed by atoms with van der Waals surface area (Å²) in [4.78, 5) is 6.87. The maximum Gasteiger partial charge on any atom is 0.250 e. The SMILES string of the molecule is CCOc1cc(O[Si](C)(C)C(C)(C)C)c(F)c(N(Cc2nccn2C(c2ccccc2)(c2ccccc2)c2ccccc2)c2ccc(C#N)cc2)c1. The fourth-order valence-electron chi connectivity index (χ4n) is 6.39. The van der Waals surface area contributed by atoms with E-state index in [0.717, 1.165) is 16.7 Å². The third kappa shape index (κ3) is 6.97. The van der Waals surface area contributed by atoms with Crippen LogP contribution >= 0.6 is 0 Å². The van der Waals surface area contributed by atoms with Gasteiger partial charge in [-0.15, -0.1) is 0 Å². The van der Waals surface area contributed by atoms with Crippen LogP contribution in [0.1, 0.15) is 55.8 Å². The third-order valence-electron chi connectivity index (χ3n) is 10.0. The van der Waals surface area contributed by atoms with Gasteiger partial charge in [-0.1, -0.05) is 112 Å². The Morgan fingerprint density at radius 1 is 0.808 bits per heavy atom. The molecule has 6 rings (SSSR count). The summed E-state index contributed by atoms with van der Waals surface area (Å²) >= 11 is 0. The second-order valence-electron chi connectivity index (χ2n) is 14.3. The number of halogens is 1. The number of hydrogen-bond acceptors (Lipinski definition) is 5. The first-order chi connectivity index (χ1) is 25.0. The lowest BCUT2D eigenvalue weighted by atomic mass is 9.76. The number of benzene rings is 5. The molecule has 6 aromatic rings. The minimum Gasteiger partial charge on any atom is -0.541 e. The van der Waals surface area contributed by atoms with E-state index in [1.54, 1.807) is 30.5 Å². The molecule has 5 aromatic carbocycles. The molecule has 0 fully saturated rings. The smallest absolute Gasteiger partial charge is 0.250 e. The van der Waals surface area contributed by atoms with Crippen LogP contribution in [-0.2, 0) is 12.1 Å². The van der Waals surface area contributed by atoms with Crippen LogP contribution in [0, 0.1) is 17.1 Å². The summed E-state index contributed by atoms with van der Waals surface area (Å²) in [5.74, 6) is 0.855. The maximum atomic E-state index is 17.2. The van der Waals surface area contributed by atoms with Gasteiger partial charge in [-0.25, -0.2) is 9.37 Å². The van der Waals surface area contributed by atoms with Gasteiger partial charge in [0.15, 0.2) is 5.82 Å². The van der Waals surface area contributed by atoms with E-state index in [0.29, 0.717) is 29.4 Å². The first-order valence-electron chi connectivity index (χ1n) is 17.6.